The van der Waals surface area contributed by atoms with Crippen molar-refractivity contribution >= 4 is 40.7 Å². The molecule has 298 valence electrons. The van der Waals surface area contributed by atoms with Crippen molar-refractivity contribution in [3.63, 3.8) is 0 Å². The lowest BCUT2D eigenvalue weighted by molar-refractivity contribution is -0.150. The van der Waals surface area contributed by atoms with Gasteiger partial charge in [0.15, 0.2) is 11.6 Å². The van der Waals surface area contributed by atoms with Crippen LogP contribution in [0, 0.1) is 31.6 Å². The second-order valence-corrected chi connectivity index (χ2v) is 16.1. The summed E-state index contributed by atoms with van der Waals surface area (Å²) in [6.07, 6.45) is 0. The molecule has 8 nitrogen and oxygen atoms in total. The Hall–Kier alpha value is -6.93. The van der Waals surface area contributed by atoms with Crippen LogP contribution in [0.5, 0.6) is 0 Å². The van der Waals surface area contributed by atoms with Gasteiger partial charge >= 0.3 is 5.97 Å². The van der Waals surface area contributed by atoms with Crippen LogP contribution >= 0.6 is 0 Å². The molecule has 2 spiro atoms. The third kappa shape index (κ3) is 5.61. The number of fused-ring (bicyclic) bond motifs is 5. The maximum Gasteiger partial charge on any atom is 0.310 e. The Morgan fingerprint density at radius 1 is 0.517 bits per heavy atom. The fourth-order valence-electron chi connectivity index (χ4n) is 10.4. The van der Waals surface area contributed by atoms with Gasteiger partial charge in [-0.2, -0.15) is 0 Å². The number of anilines is 2. The van der Waals surface area contributed by atoms with Crippen molar-refractivity contribution in [3.05, 3.63) is 202 Å². The first-order chi connectivity index (χ1) is 29.1. The number of amides is 2. The van der Waals surface area contributed by atoms with Gasteiger partial charge in [-0.25, -0.2) is 0 Å². The van der Waals surface area contributed by atoms with Crippen molar-refractivity contribution in [3.8, 4) is 0 Å². The van der Waals surface area contributed by atoms with Crippen LogP contribution in [-0.4, -0.2) is 36.0 Å². The monoisotopic (exact) mass is 792 g/mol. The normalized spacial score (nSPS) is 22.6. The molecule has 60 heavy (non-hydrogen) atoms. The highest BCUT2D eigenvalue weighted by molar-refractivity contribution is 6.26. The predicted molar refractivity (Wildman–Crippen MR) is 230 cm³/mol. The first kappa shape index (κ1) is 38.6. The second-order valence-electron chi connectivity index (χ2n) is 16.1. The molecule has 2 heterocycles. The molecule has 3 aliphatic rings. The first-order valence-electron chi connectivity index (χ1n) is 20.4. The van der Waals surface area contributed by atoms with Crippen molar-refractivity contribution in [1.29, 1.82) is 0 Å². The van der Waals surface area contributed by atoms with Gasteiger partial charge in [0.05, 0.1) is 37.5 Å². The smallest absolute Gasteiger partial charge is 0.310 e. The third-order valence-corrected chi connectivity index (χ3v) is 12.8. The number of hydrogen-bond acceptors (Lipinski definition) is 6. The minimum absolute atomic E-state index is 0.0540. The quantitative estimate of drug-likeness (QED) is 0.102. The molecule has 6 aromatic rings. The first-order valence-corrected chi connectivity index (χ1v) is 20.4. The number of ketones is 2. The van der Waals surface area contributed by atoms with Gasteiger partial charge in [0.25, 0.3) is 0 Å². The van der Waals surface area contributed by atoms with E-state index in [4.69, 9.17) is 4.74 Å². The van der Waals surface area contributed by atoms with Gasteiger partial charge in [0, 0.05) is 22.5 Å². The summed E-state index contributed by atoms with van der Waals surface area (Å²) >= 11 is 0. The number of aryl methyl sites for hydroxylation is 2. The molecule has 2 aliphatic heterocycles. The molecule has 1 aliphatic carbocycles. The number of ether oxygens (including phenoxy) is 1. The molecule has 8 heteroatoms. The van der Waals surface area contributed by atoms with Crippen LogP contribution in [0.25, 0.3) is 0 Å². The standard InChI is InChI=1S/C52H44N2O6/c1-4-60-48(57)43-44(46(55)37-27-23-33(2)24-28-37)51(39-19-11-13-21-41(39)53(49(51)58)31-35-15-7-5-8-16-35)52(45(43)47(56)38-29-25-34(3)26-30-38)40-20-12-14-22-42(40)54(50(52)59)32-36-17-9-6-10-18-36/h5-30,43-45H,4,31-32H2,1-3H3. The molecule has 0 bridgehead atoms. The summed E-state index contributed by atoms with van der Waals surface area (Å²) in [7, 11) is 0. The number of para-hydroxylation sites is 2. The Balaban J connectivity index is 1.43. The van der Waals surface area contributed by atoms with E-state index in [1.54, 1.807) is 65.3 Å². The Kier molecular flexibility index (Phi) is 9.66. The SMILES string of the molecule is CCOC(=O)C1C(C(=O)c2ccc(C)cc2)C2(C(=O)N(Cc3ccccc3)c3ccccc32)C2(C(=O)N(Cc3ccccc3)c3ccccc32)C1C(=O)c1ccc(C)cc1. The molecule has 6 aromatic carbocycles. The van der Waals surface area contributed by atoms with Crippen LogP contribution < -0.4 is 9.80 Å². The van der Waals surface area contributed by atoms with Gasteiger partial charge in [0.2, 0.25) is 11.8 Å². The van der Waals surface area contributed by atoms with E-state index < -0.39 is 57.9 Å². The number of hydrogen-bond donors (Lipinski definition) is 0. The Bertz CT molecular complexity index is 2480. The number of Topliss-reactive ketones (excluding diaryl/α,β-unsaturated/α-hetero) is 2. The molecule has 1 saturated carbocycles. The zero-order chi connectivity index (χ0) is 41.8. The number of esters is 1. The zero-order valence-corrected chi connectivity index (χ0v) is 33.7. The number of benzene rings is 6. The third-order valence-electron chi connectivity index (χ3n) is 12.8. The van der Waals surface area contributed by atoms with Crippen molar-refractivity contribution in [1.82, 2.24) is 0 Å². The zero-order valence-electron chi connectivity index (χ0n) is 33.7. The minimum Gasteiger partial charge on any atom is -0.466 e. The van der Waals surface area contributed by atoms with E-state index in [0.29, 0.717) is 22.5 Å². The molecule has 9 rings (SSSR count). The summed E-state index contributed by atoms with van der Waals surface area (Å²) < 4.78 is 5.90. The Labute approximate surface area is 349 Å². The van der Waals surface area contributed by atoms with E-state index in [-0.39, 0.29) is 30.8 Å². The molecule has 2 amide bonds. The molecule has 4 atom stereocenters. The van der Waals surface area contributed by atoms with Gasteiger partial charge in [-0.1, -0.05) is 157 Å². The van der Waals surface area contributed by atoms with E-state index in [1.807, 2.05) is 123 Å². The van der Waals surface area contributed by atoms with Crippen LogP contribution in [0.15, 0.2) is 158 Å². The Morgan fingerprint density at radius 3 is 1.27 bits per heavy atom. The van der Waals surface area contributed by atoms with Crippen LogP contribution in [0.4, 0.5) is 11.4 Å². The number of rotatable bonds is 10. The molecule has 0 aromatic heterocycles. The topological polar surface area (TPSA) is 101 Å². The van der Waals surface area contributed by atoms with Crippen LogP contribution in [0.3, 0.4) is 0 Å². The average molecular weight is 793 g/mol. The highest BCUT2D eigenvalue weighted by Crippen LogP contribution is 2.72. The van der Waals surface area contributed by atoms with Gasteiger partial charge in [-0.3, -0.25) is 24.0 Å². The van der Waals surface area contributed by atoms with Crippen molar-refractivity contribution in [2.45, 2.75) is 44.7 Å². The molecule has 0 saturated heterocycles. The average Bonchev–Trinajstić information content (AvgIpc) is 3.80. The molecular weight excluding hydrogens is 749 g/mol. The highest BCUT2D eigenvalue weighted by atomic mass is 16.5. The maximum absolute atomic E-state index is 16.6. The molecular formula is C52H44N2O6. The van der Waals surface area contributed by atoms with Crippen LogP contribution in [-0.2, 0) is 43.0 Å². The fourth-order valence-corrected chi connectivity index (χ4v) is 10.4. The highest BCUT2D eigenvalue weighted by Gasteiger charge is 2.85. The van der Waals surface area contributed by atoms with Gasteiger partial charge in [-0.15, -0.1) is 0 Å². The van der Waals surface area contributed by atoms with E-state index in [9.17, 15) is 0 Å². The van der Waals surface area contributed by atoms with Gasteiger partial charge in [-0.05, 0) is 55.2 Å². The van der Waals surface area contributed by atoms with E-state index in [2.05, 4.69) is 0 Å². The van der Waals surface area contributed by atoms with E-state index in [1.165, 1.54) is 0 Å². The van der Waals surface area contributed by atoms with Crippen molar-refractivity contribution < 1.29 is 28.7 Å². The van der Waals surface area contributed by atoms with Crippen LogP contribution in [0.1, 0.15) is 61.0 Å². The number of carbonyl (C=O) groups is 5. The summed E-state index contributed by atoms with van der Waals surface area (Å²) in [5.74, 6) is -7.60. The lowest BCUT2D eigenvalue weighted by Gasteiger charge is -2.43. The largest absolute Gasteiger partial charge is 0.466 e. The molecule has 0 N–H and O–H groups in total. The van der Waals surface area contributed by atoms with Crippen molar-refractivity contribution in [2.75, 3.05) is 16.4 Å². The lowest BCUT2D eigenvalue weighted by atomic mass is 9.53. The Morgan fingerprint density at radius 2 is 0.883 bits per heavy atom. The second kappa shape index (κ2) is 15.0. The van der Waals surface area contributed by atoms with E-state index >= 15 is 24.0 Å². The van der Waals surface area contributed by atoms with Crippen LogP contribution in [0.2, 0.25) is 0 Å². The summed E-state index contributed by atoms with van der Waals surface area (Å²) in [5, 5.41) is 0. The minimum atomic E-state index is -2.11. The lowest BCUT2D eigenvalue weighted by Crippen LogP contribution is -2.63. The number of nitrogens with zero attached hydrogens (tertiary/aromatic N) is 2. The molecule has 4 unspecified atom stereocenters. The summed E-state index contributed by atoms with van der Waals surface area (Å²) in [5.41, 5.74) is 1.59. The maximum atomic E-state index is 16.6. The molecule has 1 fully saturated rings. The predicted octanol–water partition coefficient (Wildman–Crippen LogP) is 8.76. The van der Waals surface area contributed by atoms with Crippen molar-refractivity contribution in [2.24, 2.45) is 17.8 Å². The number of carbonyl (C=O) groups excluding carboxylic acids is 5. The fraction of sp³-hybridized carbons (Fsp3) is 0.212. The molecule has 0 radical (unpaired) electrons. The summed E-state index contributed by atoms with van der Waals surface area (Å²) in [6, 6.07) is 47.5. The van der Waals surface area contributed by atoms with Gasteiger partial charge in [0.1, 0.15) is 10.8 Å². The summed E-state index contributed by atoms with van der Waals surface area (Å²) in [4.78, 5) is 83.4. The van der Waals surface area contributed by atoms with E-state index in [0.717, 1.165) is 22.3 Å². The summed E-state index contributed by atoms with van der Waals surface area (Å²) in [6.45, 7) is 5.66. The van der Waals surface area contributed by atoms with Gasteiger partial charge < -0.3 is 14.5 Å².